The molecule has 104 valence electrons. The molecular weight excluding hydrogens is 274 g/mol. The Balaban J connectivity index is 2.59. The van der Waals surface area contributed by atoms with Gasteiger partial charge in [-0.2, -0.15) is 0 Å². The first-order valence-electron chi connectivity index (χ1n) is 6.19. The molecule has 0 unspecified atom stereocenters. The first kappa shape index (κ1) is 14.4. The fraction of sp³-hybridized carbons (Fsp3) is 0.188. The van der Waals surface area contributed by atoms with Crippen molar-refractivity contribution in [2.24, 2.45) is 7.05 Å². The number of benzene rings is 1. The predicted octanol–water partition coefficient (Wildman–Crippen LogP) is 4.06. The van der Waals surface area contributed by atoms with E-state index in [-0.39, 0.29) is 0 Å². The summed E-state index contributed by atoms with van der Waals surface area (Å²) in [6.45, 7) is 7.72. The lowest BCUT2D eigenvalue weighted by Gasteiger charge is -2.10. The largest absolute Gasteiger partial charge is 0.478 e. The fourth-order valence-corrected chi connectivity index (χ4v) is 2.63. The summed E-state index contributed by atoms with van der Waals surface area (Å²) >= 11 is 5.88. The van der Waals surface area contributed by atoms with E-state index in [2.05, 4.69) is 6.58 Å². The Morgan fingerprint density at radius 2 is 1.80 bits per heavy atom. The molecule has 0 aliphatic rings. The van der Waals surface area contributed by atoms with Crippen LogP contribution < -0.4 is 0 Å². The Hall–Kier alpha value is -2.00. The van der Waals surface area contributed by atoms with Crippen molar-refractivity contribution in [3.8, 4) is 0 Å². The monoisotopic (exact) mass is 289 g/mol. The van der Waals surface area contributed by atoms with Crippen LogP contribution in [0.3, 0.4) is 0 Å². The van der Waals surface area contributed by atoms with Crippen LogP contribution in [0.5, 0.6) is 0 Å². The zero-order valence-corrected chi connectivity index (χ0v) is 12.5. The summed E-state index contributed by atoms with van der Waals surface area (Å²) in [5, 5.41) is 9.97. The van der Waals surface area contributed by atoms with Crippen LogP contribution in [0, 0.1) is 13.8 Å². The smallest absolute Gasteiger partial charge is 0.337 e. The SMILES string of the molecule is C=C(c1ccc(Cl)cc1)c1c(C)c(C(=O)O)c(C)n1C. The summed E-state index contributed by atoms with van der Waals surface area (Å²) in [5.41, 5.74) is 4.35. The van der Waals surface area contributed by atoms with E-state index >= 15 is 0 Å². The summed E-state index contributed by atoms with van der Waals surface area (Å²) in [5.74, 6) is -0.911. The van der Waals surface area contributed by atoms with Gasteiger partial charge in [-0.05, 0) is 42.7 Å². The lowest BCUT2D eigenvalue weighted by Crippen LogP contribution is -2.00. The molecule has 3 nitrogen and oxygen atoms in total. The van der Waals surface area contributed by atoms with E-state index in [4.69, 9.17) is 11.6 Å². The third-order valence-electron chi connectivity index (χ3n) is 3.62. The lowest BCUT2D eigenvalue weighted by atomic mass is 10.0. The highest BCUT2D eigenvalue weighted by Gasteiger charge is 2.22. The van der Waals surface area contributed by atoms with Crippen LogP contribution in [0.2, 0.25) is 5.02 Å². The summed E-state index contributed by atoms with van der Waals surface area (Å²) < 4.78 is 1.87. The minimum atomic E-state index is -0.911. The van der Waals surface area contributed by atoms with Gasteiger partial charge in [0.05, 0.1) is 11.3 Å². The minimum absolute atomic E-state index is 0.345. The van der Waals surface area contributed by atoms with Crippen LogP contribution in [0.1, 0.15) is 32.9 Å². The first-order chi connectivity index (χ1) is 9.34. The highest BCUT2D eigenvalue weighted by molar-refractivity contribution is 6.30. The third kappa shape index (κ3) is 2.25. The second-order valence-electron chi connectivity index (χ2n) is 4.78. The van der Waals surface area contributed by atoms with Gasteiger partial charge in [-0.3, -0.25) is 0 Å². The predicted molar refractivity (Wildman–Crippen MR) is 81.4 cm³/mol. The number of aromatic carboxylic acids is 1. The van der Waals surface area contributed by atoms with Gasteiger partial charge in [-0.15, -0.1) is 0 Å². The number of carboxylic acid groups (broad SMARTS) is 1. The van der Waals surface area contributed by atoms with Gasteiger partial charge in [0.2, 0.25) is 0 Å². The van der Waals surface area contributed by atoms with E-state index in [0.717, 1.165) is 28.1 Å². The average Bonchev–Trinajstić information content (AvgIpc) is 2.60. The molecule has 0 bridgehead atoms. The fourth-order valence-electron chi connectivity index (χ4n) is 2.51. The summed E-state index contributed by atoms with van der Waals surface area (Å²) in [6, 6.07) is 7.36. The number of halogens is 1. The van der Waals surface area contributed by atoms with E-state index < -0.39 is 5.97 Å². The van der Waals surface area contributed by atoms with Gasteiger partial charge in [0.1, 0.15) is 0 Å². The van der Waals surface area contributed by atoms with Crippen LogP contribution >= 0.6 is 11.6 Å². The molecule has 1 N–H and O–H groups in total. The van der Waals surface area contributed by atoms with Gasteiger partial charge in [-0.25, -0.2) is 4.79 Å². The number of carboxylic acids is 1. The van der Waals surface area contributed by atoms with Crippen molar-refractivity contribution in [2.75, 3.05) is 0 Å². The van der Waals surface area contributed by atoms with Crippen LogP contribution in [-0.4, -0.2) is 15.6 Å². The number of nitrogens with zero attached hydrogens (tertiary/aromatic N) is 1. The topological polar surface area (TPSA) is 42.2 Å². The highest BCUT2D eigenvalue weighted by Crippen LogP contribution is 2.30. The molecule has 1 aromatic carbocycles. The van der Waals surface area contributed by atoms with Gasteiger partial charge in [0.25, 0.3) is 0 Å². The number of aromatic nitrogens is 1. The Morgan fingerprint density at radius 1 is 1.25 bits per heavy atom. The first-order valence-corrected chi connectivity index (χ1v) is 6.56. The molecule has 2 aromatic rings. The van der Waals surface area contributed by atoms with Crippen LogP contribution in [0.4, 0.5) is 0 Å². The molecule has 2 rings (SSSR count). The van der Waals surface area contributed by atoms with Crippen molar-refractivity contribution in [1.29, 1.82) is 0 Å². The molecule has 1 aromatic heterocycles. The molecule has 4 heteroatoms. The molecule has 0 saturated heterocycles. The second-order valence-corrected chi connectivity index (χ2v) is 5.22. The Kier molecular flexibility index (Phi) is 3.73. The van der Waals surface area contributed by atoms with E-state index in [1.165, 1.54) is 0 Å². The zero-order valence-electron chi connectivity index (χ0n) is 11.7. The highest BCUT2D eigenvalue weighted by atomic mass is 35.5. The Bertz CT molecular complexity index is 696. The van der Waals surface area contributed by atoms with Crippen molar-refractivity contribution in [3.63, 3.8) is 0 Å². The van der Waals surface area contributed by atoms with Gasteiger partial charge in [0.15, 0.2) is 0 Å². The number of hydrogen-bond acceptors (Lipinski definition) is 1. The standard InChI is InChI=1S/C16H16ClNO2/c1-9(12-5-7-13(17)8-6-12)15-10(2)14(16(19)20)11(3)18(15)4/h5-8H,1H2,2-4H3,(H,19,20). The van der Waals surface area contributed by atoms with E-state index in [1.807, 2.05) is 30.7 Å². The van der Waals surface area contributed by atoms with Gasteiger partial charge in [0, 0.05) is 17.8 Å². The molecular formula is C16H16ClNO2. The van der Waals surface area contributed by atoms with E-state index in [0.29, 0.717) is 10.6 Å². The third-order valence-corrected chi connectivity index (χ3v) is 3.87. The molecule has 0 spiro atoms. The maximum atomic E-state index is 11.4. The summed E-state index contributed by atoms with van der Waals surface area (Å²) in [7, 11) is 1.85. The summed E-state index contributed by atoms with van der Waals surface area (Å²) in [4.78, 5) is 11.4. The molecule has 0 amide bonds. The minimum Gasteiger partial charge on any atom is -0.478 e. The maximum Gasteiger partial charge on any atom is 0.337 e. The normalized spacial score (nSPS) is 10.6. The van der Waals surface area contributed by atoms with Crippen molar-refractivity contribution < 1.29 is 9.90 Å². The van der Waals surface area contributed by atoms with Crippen molar-refractivity contribution in [2.45, 2.75) is 13.8 Å². The second kappa shape index (κ2) is 5.17. The summed E-state index contributed by atoms with van der Waals surface area (Å²) in [6.07, 6.45) is 0. The molecule has 0 aliphatic heterocycles. The zero-order chi connectivity index (χ0) is 15.0. The molecule has 20 heavy (non-hydrogen) atoms. The quantitative estimate of drug-likeness (QED) is 0.926. The molecule has 0 saturated carbocycles. The number of hydrogen-bond donors (Lipinski definition) is 1. The number of carbonyl (C=O) groups is 1. The van der Waals surface area contributed by atoms with Crippen molar-refractivity contribution in [3.05, 3.63) is 63.9 Å². The van der Waals surface area contributed by atoms with Crippen molar-refractivity contribution in [1.82, 2.24) is 4.57 Å². The lowest BCUT2D eigenvalue weighted by molar-refractivity contribution is 0.0695. The molecule has 0 radical (unpaired) electrons. The molecule has 0 fully saturated rings. The maximum absolute atomic E-state index is 11.4. The van der Waals surface area contributed by atoms with Gasteiger partial charge in [-0.1, -0.05) is 30.3 Å². The van der Waals surface area contributed by atoms with Gasteiger partial charge >= 0.3 is 5.97 Å². The van der Waals surface area contributed by atoms with Crippen LogP contribution in [0.15, 0.2) is 30.8 Å². The van der Waals surface area contributed by atoms with E-state index in [9.17, 15) is 9.90 Å². The number of rotatable bonds is 3. The molecule has 1 heterocycles. The Morgan fingerprint density at radius 3 is 2.25 bits per heavy atom. The Labute approximate surface area is 123 Å². The van der Waals surface area contributed by atoms with Crippen LogP contribution in [-0.2, 0) is 7.05 Å². The van der Waals surface area contributed by atoms with Crippen molar-refractivity contribution >= 4 is 23.1 Å². The molecule has 0 atom stereocenters. The van der Waals surface area contributed by atoms with Gasteiger partial charge < -0.3 is 9.67 Å². The van der Waals surface area contributed by atoms with Crippen LogP contribution in [0.25, 0.3) is 5.57 Å². The molecule has 0 aliphatic carbocycles. The average molecular weight is 290 g/mol. The van der Waals surface area contributed by atoms with E-state index in [1.54, 1.807) is 19.1 Å².